The molecule has 1 saturated carbocycles. The highest BCUT2D eigenvalue weighted by molar-refractivity contribution is 6.37. The van der Waals surface area contributed by atoms with Crippen molar-refractivity contribution in [3.05, 3.63) is 40.4 Å². The zero-order valence-corrected chi connectivity index (χ0v) is 12.6. The van der Waals surface area contributed by atoms with Gasteiger partial charge in [-0.2, -0.15) is 0 Å². The second-order valence-corrected chi connectivity index (χ2v) is 6.79. The zero-order chi connectivity index (χ0) is 14.7. The number of rotatable bonds is 1. The number of benzene rings is 1. The standard InChI is InChI=1S/C16H13Cl2NO2/c17-10-5-6-11(18)12(7-10)19-15(20)13-8-1-2-9(4-3-8)14(13)16(19)21/h1-2,5-9,13-14H,3-4H2/t8-,9-,13-,14-/m1/s1. The van der Waals surface area contributed by atoms with Crippen molar-refractivity contribution in [3.8, 4) is 0 Å². The lowest BCUT2D eigenvalue weighted by Crippen LogP contribution is -2.38. The van der Waals surface area contributed by atoms with Gasteiger partial charge in [-0.25, -0.2) is 4.90 Å². The molecule has 5 rings (SSSR count). The summed E-state index contributed by atoms with van der Waals surface area (Å²) in [6, 6.07) is 4.86. The summed E-state index contributed by atoms with van der Waals surface area (Å²) in [5.74, 6) is -0.354. The van der Waals surface area contributed by atoms with Crippen LogP contribution in [0.4, 0.5) is 5.69 Å². The van der Waals surface area contributed by atoms with E-state index in [1.807, 2.05) is 0 Å². The number of imide groups is 1. The second-order valence-electron chi connectivity index (χ2n) is 5.95. The van der Waals surface area contributed by atoms with E-state index in [0.717, 1.165) is 12.8 Å². The van der Waals surface area contributed by atoms with Gasteiger partial charge in [-0.15, -0.1) is 0 Å². The van der Waals surface area contributed by atoms with Crippen LogP contribution in [-0.2, 0) is 9.59 Å². The van der Waals surface area contributed by atoms with Gasteiger partial charge in [0.15, 0.2) is 0 Å². The Morgan fingerprint density at radius 2 is 1.52 bits per heavy atom. The molecular weight excluding hydrogens is 309 g/mol. The van der Waals surface area contributed by atoms with Crippen LogP contribution in [0.15, 0.2) is 30.4 Å². The van der Waals surface area contributed by atoms with Gasteiger partial charge in [-0.1, -0.05) is 35.4 Å². The molecule has 0 radical (unpaired) electrons. The minimum absolute atomic E-state index is 0.131. The SMILES string of the molecule is O=C1[C@H]2[C@H](C(=O)N1c1cc(Cl)ccc1Cl)[C@@H]1C=C[C@@H]2CC1. The minimum atomic E-state index is -0.226. The number of hydrogen-bond acceptors (Lipinski definition) is 2. The number of fused-ring (bicyclic) bond motifs is 1. The molecule has 4 atom stereocenters. The maximum Gasteiger partial charge on any atom is 0.238 e. The van der Waals surface area contributed by atoms with Crippen LogP contribution in [0.25, 0.3) is 0 Å². The Kier molecular flexibility index (Phi) is 2.92. The van der Waals surface area contributed by atoms with Crippen LogP contribution in [0.3, 0.4) is 0 Å². The largest absolute Gasteiger partial charge is 0.274 e. The zero-order valence-electron chi connectivity index (χ0n) is 11.1. The smallest absolute Gasteiger partial charge is 0.238 e. The first-order valence-corrected chi connectivity index (χ1v) is 7.84. The summed E-state index contributed by atoms with van der Waals surface area (Å²) in [6.07, 6.45) is 6.17. The average molecular weight is 322 g/mol. The number of carbonyl (C=O) groups excluding carboxylic acids is 2. The first kappa shape index (κ1) is 13.4. The topological polar surface area (TPSA) is 37.4 Å². The van der Waals surface area contributed by atoms with Crippen molar-refractivity contribution in [3.63, 3.8) is 0 Å². The van der Waals surface area contributed by atoms with Gasteiger partial charge in [0.2, 0.25) is 11.8 Å². The summed E-state index contributed by atoms with van der Waals surface area (Å²) in [5.41, 5.74) is 0.410. The number of anilines is 1. The molecule has 5 heteroatoms. The molecule has 2 fully saturated rings. The molecule has 4 aliphatic rings. The van der Waals surface area contributed by atoms with E-state index in [0.29, 0.717) is 15.7 Å². The van der Waals surface area contributed by atoms with Crippen LogP contribution in [0.2, 0.25) is 10.0 Å². The molecule has 1 aromatic rings. The first-order chi connectivity index (χ1) is 10.1. The minimum Gasteiger partial charge on any atom is -0.274 e. The van der Waals surface area contributed by atoms with Gasteiger partial charge in [-0.3, -0.25) is 9.59 Å². The van der Waals surface area contributed by atoms with Crippen molar-refractivity contribution in [2.75, 3.05) is 4.90 Å². The quantitative estimate of drug-likeness (QED) is 0.584. The van der Waals surface area contributed by atoms with Gasteiger partial charge in [0.1, 0.15) is 0 Å². The monoisotopic (exact) mass is 321 g/mol. The van der Waals surface area contributed by atoms with Gasteiger partial charge in [0.25, 0.3) is 0 Å². The number of nitrogens with zero attached hydrogens (tertiary/aromatic N) is 1. The normalized spacial score (nSPS) is 33.7. The Morgan fingerprint density at radius 1 is 0.952 bits per heavy atom. The molecule has 3 nitrogen and oxygen atoms in total. The third kappa shape index (κ3) is 1.80. The molecule has 0 spiro atoms. The van der Waals surface area contributed by atoms with Crippen LogP contribution in [0.1, 0.15) is 12.8 Å². The van der Waals surface area contributed by atoms with E-state index in [1.165, 1.54) is 4.90 Å². The Balaban J connectivity index is 1.80. The van der Waals surface area contributed by atoms with Crippen molar-refractivity contribution in [2.24, 2.45) is 23.7 Å². The van der Waals surface area contributed by atoms with Crippen LogP contribution in [0.5, 0.6) is 0 Å². The lowest BCUT2D eigenvalue weighted by molar-refractivity contribution is -0.124. The summed E-state index contributed by atoms with van der Waals surface area (Å²) in [4.78, 5) is 26.8. The molecular formula is C16H13Cl2NO2. The predicted octanol–water partition coefficient (Wildman–Crippen LogP) is 3.70. The van der Waals surface area contributed by atoms with Gasteiger partial charge in [-0.05, 0) is 42.9 Å². The molecule has 1 heterocycles. The van der Waals surface area contributed by atoms with Crippen LogP contribution in [0, 0.1) is 23.7 Å². The number of hydrogen-bond donors (Lipinski definition) is 0. The molecule has 2 bridgehead atoms. The van der Waals surface area contributed by atoms with E-state index in [4.69, 9.17) is 23.2 Å². The Hall–Kier alpha value is -1.32. The maximum atomic E-state index is 12.8. The fourth-order valence-electron chi connectivity index (χ4n) is 3.97. The van der Waals surface area contributed by atoms with E-state index in [1.54, 1.807) is 18.2 Å². The summed E-state index contributed by atoms with van der Waals surface area (Å²) < 4.78 is 0. The van der Waals surface area contributed by atoms with Gasteiger partial charge < -0.3 is 0 Å². The molecule has 2 amide bonds. The van der Waals surface area contributed by atoms with Crippen molar-refractivity contribution < 1.29 is 9.59 Å². The number of halogens is 2. The summed E-state index contributed by atoms with van der Waals surface area (Å²) in [6.45, 7) is 0. The fraction of sp³-hybridized carbons (Fsp3) is 0.375. The lowest BCUT2D eigenvalue weighted by atomic mass is 9.63. The van der Waals surface area contributed by atoms with E-state index >= 15 is 0 Å². The third-order valence-corrected chi connectivity index (χ3v) is 5.46. The summed E-state index contributed by atoms with van der Waals surface area (Å²) >= 11 is 12.2. The highest BCUT2D eigenvalue weighted by Crippen LogP contribution is 2.51. The van der Waals surface area contributed by atoms with Gasteiger partial charge in [0.05, 0.1) is 22.5 Å². The van der Waals surface area contributed by atoms with Crippen molar-refractivity contribution in [1.82, 2.24) is 0 Å². The van der Waals surface area contributed by atoms with E-state index in [2.05, 4.69) is 12.2 Å². The molecule has 1 aromatic carbocycles. The molecule has 0 aromatic heterocycles. The highest BCUT2D eigenvalue weighted by Gasteiger charge is 2.57. The number of amides is 2. The third-order valence-electron chi connectivity index (χ3n) is 4.91. The maximum absolute atomic E-state index is 12.8. The summed E-state index contributed by atoms with van der Waals surface area (Å²) in [7, 11) is 0. The molecule has 1 aliphatic heterocycles. The molecule has 21 heavy (non-hydrogen) atoms. The van der Waals surface area contributed by atoms with Crippen molar-refractivity contribution in [2.45, 2.75) is 12.8 Å². The van der Waals surface area contributed by atoms with Gasteiger partial charge >= 0.3 is 0 Å². The van der Waals surface area contributed by atoms with Gasteiger partial charge in [0, 0.05) is 5.02 Å². The number of carbonyl (C=O) groups is 2. The Labute approximate surface area is 132 Å². The predicted molar refractivity (Wildman–Crippen MR) is 81.3 cm³/mol. The van der Waals surface area contributed by atoms with Crippen molar-refractivity contribution in [1.29, 1.82) is 0 Å². The molecule has 0 unspecified atom stereocenters. The van der Waals surface area contributed by atoms with E-state index in [-0.39, 0.29) is 35.5 Å². The Morgan fingerprint density at radius 3 is 2.05 bits per heavy atom. The Bertz CT molecular complexity index is 653. The van der Waals surface area contributed by atoms with Crippen LogP contribution >= 0.6 is 23.2 Å². The van der Waals surface area contributed by atoms with Crippen LogP contribution in [-0.4, -0.2) is 11.8 Å². The first-order valence-electron chi connectivity index (χ1n) is 7.09. The van der Waals surface area contributed by atoms with E-state index in [9.17, 15) is 9.59 Å². The molecule has 108 valence electrons. The highest BCUT2D eigenvalue weighted by atomic mass is 35.5. The second kappa shape index (κ2) is 4.59. The molecule has 0 N–H and O–H groups in total. The molecule has 3 aliphatic carbocycles. The average Bonchev–Trinajstić information content (AvgIpc) is 2.77. The lowest BCUT2D eigenvalue weighted by Gasteiger charge is -2.38. The fourth-order valence-corrected chi connectivity index (χ4v) is 4.34. The summed E-state index contributed by atoms with van der Waals surface area (Å²) in [5, 5.41) is 0.839. The van der Waals surface area contributed by atoms with Crippen molar-refractivity contribution >= 4 is 40.7 Å². The molecule has 1 saturated heterocycles. The van der Waals surface area contributed by atoms with Crippen LogP contribution < -0.4 is 4.90 Å². The van der Waals surface area contributed by atoms with E-state index < -0.39 is 0 Å². The number of allylic oxidation sites excluding steroid dienone is 2.